The van der Waals surface area contributed by atoms with Crippen LogP contribution >= 0.6 is 0 Å². The van der Waals surface area contributed by atoms with Crippen LogP contribution in [0.25, 0.3) is 12.2 Å². The molecule has 102 valence electrons. The van der Waals surface area contributed by atoms with Crippen molar-refractivity contribution in [2.45, 2.75) is 32.1 Å². The van der Waals surface area contributed by atoms with Crippen LogP contribution in [0.4, 0.5) is 0 Å². The summed E-state index contributed by atoms with van der Waals surface area (Å²) in [7, 11) is 0. The third kappa shape index (κ3) is 1.68. The summed E-state index contributed by atoms with van der Waals surface area (Å²) in [5.74, 6) is 0.702. The van der Waals surface area contributed by atoms with Gasteiger partial charge in [0.05, 0.1) is 0 Å². The fourth-order valence-electron chi connectivity index (χ4n) is 4.20. The second-order valence-corrected chi connectivity index (χ2v) is 6.74. The standard InChI is InChI=1S/C21H18/c1-13-8-17-6-7-18-20(21(18)19(17)9-13)12-14-10-15-4-2-3-5-16(15)11-14/h2-8,10,20H,9,11-12H2,1H3. The topological polar surface area (TPSA) is 0 Å². The lowest BCUT2D eigenvalue weighted by atomic mass is 10.0. The van der Waals surface area contributed by atoms with Gasteiger partial charge >= 0.3 is 0 Å². The highest BCUT2D eigenvalue weighted by molar-refractivity contribution is 5.73. The smallest absolute Gasteiger partial charge is 0.0136 e. The summed E-state index contributed by atoms with van der Waals surface area (Å²) in [4.78, 5) is 0. The molecule has 0 aromatic heterocycles. The zero-order chi connectivity index (χ0) is 14.0. The van der Waals surface area contributed by atoms with Gasteiger partial charge in [-0.1, -0.05) is 59.7 Å². The van der Waals surface area contributed by atoms with Crippen molar-refractivity contribution in [1.82, 2.24) is 0 Å². The minimum Gasteiger partial charge on any atom is -0.0683 e. The zero-order valence-electron chi connectivity index (χ0n) is 12.3. The van der Waals surface area contributed by atoms with Gasteiger partial charge in [-0.25, -0.2) is 0 Å². The molecule has 21 heavy (non-hydrogen) atoms. The van der Waals surface area contributed by atoms with Gasteiger partial charge in [-0.05, 0) is 59.6 Å². The van der Waals surface area contributed by atoms with Gasteiger partial charge in [-0.2, -0.15) is 0 Å². The molecule has 0 radical (unpaired) electrons. The molecule has 0 saturated carbocycles. The Morgan fingerprint density at radius 3 is 2.76 bits per heavy atom. The molecule has 0 amide bonds. The second kappa shape index (κ2) is 3.98. The fourth-order valence-corrected chi connectivity index (χ4v) is 4.20. The molecule has 1 unspecified atom stereocenters. The van der Waals surface area contributed by atoms with Gasteiger partial charge in [0.15, 0.2) is 0 Å². The van der Waals surface area contributed by atoms with Crippen LogP contribution < -0.4 is 0 Å². The Kier molecular flexibility index (Phi) is 2.19. The fraction of sp³-hybridized carbons (Fsp3) is 0.238. The van der Waals surface area contributed by atoms with Crippen molar-refractivity contribution in [2.24, 2.45) is 0 Å². The van der Waals surface area contributed by atoms with E-state index in [0.717, 1.165) is 6.42 Å². The van der Waals surface area contributed by atoms with E-state index in [1.54, 1.807) is 22.3 Å². The highest BCUT2D eigenvalue weighted by atomic mass is 14.4. The van der Waals surface area contributed by atoms with E-state index in [0.29, 0.717) is 5.92 Å². The predicted octanol–water partition coefficient (Wildman–Crippen LogP) is 5.12. The number of allylic oxidation sites excluding steroid dienone is 2. The summed E-state index contributed by atoms with van der Waals surface area (Å²) < 4.78 is 0. The number of fused-ring (bicyclic) bond motifs is 4. The summed E-state index contributed by atoms with van der Waals surface area (Å²) in [6.45, 7) is 2.25. The minimum atomic E-state index is 0.702. The van der Waals surface area contributed by atoms with Gasteiger partial charge in [0.25, 0.3) is 0 Å². The van der Waals surface area contributed by atoms with Crippen LogP contribution in [0.1, 0.15) is 52.6 Å². The van der Waals surface area contributed by atoms with Crippen molar-refractivity contribution in [3.8, 4) is 0 Å². The molecule has 0 N–H and O–H groups in total. The Bertz CT molecular complexity index is 833. The quantitative estimate of drug-likeness (QED) is 0.710. The molecule has 0 nitrogen and oxygen atoms in total. The van der Waals surface area contributed by atoms with E-state index in [1.807, 2.05) is 0 Å². The molecule has 0 spiro atoms. The first-order chi connectivity index (χ1) is 10.3. The molecule has 0 saturated heterocycles. The molecule has 0 heteroatoms. The first-order valence-corrected chi connectivity index (χ1v) is 7.90. The molecule has 2 aromatic carbocycles. The molecule has 3 aliphatic carbocycles. The number of rotatable bonds is 2. The molecule has 1 atom stereocenters. The van der Waals surface area contributed by atoms with Crippen molar-refractivity contribution in [2.75, 3.05) is 0 Å². The maximum Gasteiger partial charge on any atom is 0.0136 e. The highest BCUT2D eigenvalue weighted by Gasteiger charge is 2.37. The van der Waals surface area contributed by atoms with Gasteiger partial charge < -0.3 is 0 Å². The molecule has 0 aliphatic heterocycles. The summed E-state index contributed by atoms with van der Waals surface area (Å²) in [5.41, 5.74) is 12.4. The van der Waals surface area contributed by atoms with E-state index in [1.165, 1.54) is 35.1 Å². The SMILES string of the molecule is CC1=Cc2ccc3c(c2C1)C3CC1=Cc2ccccc2C1. The van der Waals surface area contributed by atoms with Crippen LogP contribution in [-0.2, 0) is 12.8 Å². The van der Waals surface area contributed by atoms with Gasteiger partial charge in [-0.3, -0.25) is 0 Å². The Hall–Kier alpha value is -2.08. The number of hydrogen-bond donors (Lipinski definition) is 0. The lowest BCUT2D eigenvalue weighted by Gasteiger charge is -2.01. The Labute approximate surface area is 125 Å². The van der Waals surface area contributed by atoms with Crippen LogP contribution in [0.2, 0.25) is 0 Å². The normalized spacial score (nSPS) is 20.5. The summed E-state index contributed by atoms with van der Waals surface area (Å²) in [6, 6.07) is 13.5. The summed E-state index contributed by atoms with van der Waals surface area (Å²) in [5, 5.41) is 0. The van der Waals surface area contributed by atoms with Gasteiger partial charge in [0.1, 0.15) is 0 Å². The van der Waals surface area contributed by atoms with Gasteiger partial charge in [0.2, 0.25) is 0 Å². The number of hydrogen-bond acceptors (Lipinski definition) is 0. The average Bonchev–Trinajstić information content (AvgIpc) is 2.83. The molecule has 0 fully saturated rings. The minimum absolute atomic E-state index is 0.702. The van der Waals surface area contributed by atoms with Crippen LogP contribution in [0, 0.1) is 0 Å². The molecule has 3 aliphatic rings. The molecule has 0 heterocycles. The molecule has 5 rings (SSSR count). The number of benzene rings is 2. The van der Waals surface area contributed by atoms with Crippen LogP contribution in [0.15, 0.2) is 47.5 Å². The van der Waals surface area contributed by atoms with E-state index in [9.17, 15) is 0 Å². The Morgan fingerprint density at radius 2 is 1.86 bits per heavy atom. The van der Waals surface area contributed by atoms with E-state index in [2.05, 4.69) is 55.5 Å². The van der Waals surface area contributed by atoms with Crippen molar-refractivity contribution < 1.29 is 0 Å². The van der Waals surface area contributed by atoms with Crippen LogP contribution in [0.5, 0.6) is 0 Å². The molecular formula is C21H18. The van der Waals surface area contributed by atoms with Crippen molar-refractivity contribution >= 4 is 12.2 Å². The largest absolute Gasteiger partial charge is 0.0683 e. The lowest BCUT2D eigenvalue weighted by molar-refractivity contribution is 0.901. The Morgan fingerprint density at radius 1 is 0.952 bits per heavy atom. The van der Waals surface area contributed by atoms with E-state index in [-0.39, 0.29) is 0 Å². The van der Waals surface area contributed by atoms with Gasteiger partial charge in [0, 0.05) is 5.92 Å². The molecular weight excluding hydrogens is 252 g/mol. The summed E-state index contributed by atoms with van der Waals surface area (Å²) >= 11 is 0. The average molecular weight is 270 g/mol. The van der Waals surface area contributed by atoms with Crippen LogP contribution in [0.3, 0.4) is 0 Å². The molecule has 0 bridgehead atoms. The lowest BCUT2D eigenvalue weighted by Crippen LogP contribution is -1.87. The van der Waals surface area contributed by atoms with Crippen molar-refractivity contribution in [3.05, 3.63) is 80.9 Å². The Balaban J connectivity index is 1.40. The van der Waals surface area contributed by atoms with Gasteiger partial charge in [-0.15, -0.1) is 0 Å². The van der Waals surface area contributed by atoms with E-state index >= 15 is 0 Å². The first-order valence-electron chi connectivity index (χ1n) is 7.90. The molecule has 2 aromatic rings. The van der Waals surface area contributed by atoms with Crippen molar-refractivity contribution in [1.29, 1.82) is 0 Å². The third-order valence-corrected chi connectivity index (χ3v) is 5.22. The van der Waals surface area contributed by atoms with E-state index in [4.69, 9.17) is 0 Å². The maximum atomic E-state index is 2.41. The summed E-state index contributed by atoms with van der Waals surface area (Å²) in [6.07, 6.45) is 8.32. The van der Waals surface area contributed by atoms with Crippen LogP contribution in [-0.4, -0.2) is 0 Å². The second-order valence-electron chi connectivity index (χ2n) is 6.74. The maximum absolute atomic E-state index is 2.41. The highest BCUT2D eigenvalue weighted by Crippen LogP contribution is 2.53. The first kappa shape index (κ1) is 11.6. The monoisotopic (exact) mass is 270 g/mol. The third-order valence-electron chi connectivity index (χ3n) is 5.22. The van der Waals surface area contributed by atoms with Crippen molar-refractivity contribution in [3.63, 3.8) is 0 Å². The predicted molar refractivity (Wildman–Crippen MR) is 88.4 cm³/mol. The van der Waals surface area contributed by atoms with E-state index < -0.39 is 0 Å². The zero-order valence-corrected chi connectivity index (χ0v) is 12.3.